The van der Waals surface area contributed by atoms with Gasteiger partial charge in [-0.05, 0) is 62.3 Å². The number of nitrogen functional groups attached to an aromatic ring is 2. The maximum Gasteiger partial charge on any atom is 0.123 e. The van der Waals surface area contributed by atoms with E-state index in [1.165, 1.54) is 57.8 Å². The van der Waals surface area contributed by atoms with Crippen LogP contribution < -0.4 is 16.2 Å². The SMILES string of the molecule is CCC1CCC(C2CCC(Oc3cc(N)cc(N)c3)CC2)CC1. The van der Waals surface area contributed by atoms with Gasteiger partial charge in [0.1, 0.15) is 5.75 Å². The second-order valence-corrected chi connectivity index (χ2v) is 7.68. The van der Waals surface area contributed by atoms with Crippen molar-refractivity contribution in [1.29, 1.82) is 0 Å². The standard InChI is InChI=1S/C20H32N2O/c1-2-14-3-5-15(6-4-14)16-7-9-19(10-8-16)23-20-12-17(21)11-18(22)13-20/h11-16,19H,2-10,21-22H2,1H3. The van der Waals surface area contributed by atoms with Crippen molar-refractivity contribution in [2.75, 3.05) is 11.5 Å². The van der Waals surface area contributed by atoms with Crippen LogP contribution in [0.4, 0.5) is 11.4 Å². The lowest BCUT2D eigenvalue weighted by Crippen LogP contribution is -2.29. The van der Waals surface area contributed by atoms with Crippen LogP contribution in [-0.2, 0) is 0 Å². The summed E-state index contributed by atoms with van der Waals surface area (Å²) < 4.78 is 6.13. The molecular formula is C20H32N2O. The van der Waals surface area contributed by atoms with Crippen molar-refractivity contribution in [1.82, 2.24) is 0 Å². The molecule has 1 aromatic carbocycles. The number of anilines is 2. The van der Waals surface area contributed by atoms with E-state index in [2.05, 4.69) is 6.92 Å². The highest BCUT2D eigenvalue weighted by Gasteiger charge is 2.31. The lowest BCUT2D eigenvalue weighted by atomic mass is 9.70. The molecule has 0 aliphatic heterocycles. The Morgan fingerprint density at radius 1 is 0.826 bits per heavy atom. The van der Waals surface area contributed by atoms with Crippen molar-refractivity contribution in [2.45, 2.75) is 70.8 Å². The summed E-state index contributed by atoms with van der Waals surface area (Å²) in [6.07, 6.45) is 12.5. The average molecular weight is 316 g/mol. The molecule has 3 nitrogen and oxygen atoms in total. The molecule has 0 heterocycles. The Bertz CT molecular complexity index is 480. The summed E-state index contributed by atoms with van der Waals surface area (Å²) >= 11 is 0. The number of ether oxygens (including phenoxy) is 1. The normalized spacial score (nSPS) is 31.7. The van der Waals surface area contributed by atoms with Gasteiger partial charge in [0.05, 0.1) is 6.10 Å². The van der Waals surface area contributed by atoms with Crippen molar-refractivity contribution >= 4 is 11.4 Å². The zero-order valence-electron chi connectivity index (χ0n) is 14.5. The molecule has 2 saturated carbocycles. The van der Waals surface area contributed by atoms with Crippen LogP contribution in [0.5, 0.6) is 5.75 Å². The van der Waals surface area contributed by atoms with E-state index in [4.69, 9.17) is 16.2 Å². The fraction of sp³-hybridized carbons (Fsp3) is 0.700. The molecule has 2 fully saturated rings. The van der Waals surface area contributed by atoms with E-state index < -0.39 is 0 Å². The third kappa shape index (κ3) is 4.33. The Morgan fingerprint density at radius 2 is 1.35 bits per heavy atom. The minimum Gasteiger partial charge on any atom is -0.490 e. The molecule has 0 radical (unpaired) electrons. The average Bonchev–Trinajstić information content (AvgIpc) is 2.55. The van der Waals surface area contributed by atoms with Crippen LogP contribution in [0.2, 0.25) is 0 Å². The van der Waals surface area contributed by atoms with Gasteiger partial charge in [0.2, 0.25) is 0 Å². The minimum absolute atomic E-state index is 0.333. The summed E-state index contributed by atoms with van der Waals surface area (Å²) in [5, 5.41) is 0. The highest BCUT2D eigenvalue weighted by Crippen LogP contribution is 2.41. The van der Waals surface area contributed by atoms with Gasteiger partial charge in [-0.1, -0.05) is 26.2 Å². The highest BCUT2D eigenvalue weighted by atomic mass is 16.5. The quantitative estimate of drug-likeness (QED) is 0.768. The van der Waals surface area contributed by atoms with Crippen LogP contribution in [0.25, 0.3) is 0 Å². The Hall–Kier alpha value is -1.38. The summed E-state index contributed by atoms with van der Waals surface area (Å²) in [4.78, 5) is 0. The first-order chi connectivity index (χ1) is 11.1. The van der Waals surface area contributed by atoms with Crippen LogP contribution in [0.3, 0.4) is 0 Å². The van der Waals surface area contributed by atoms with E-state index in [0.29, 0.717) is 17.5 Å². The smallest absolute Gasteiger partial charge is 0.123 e. The predicted octanol–water partition coefficient (Wildman–Crippen LogP) is 5.01. The summed E-state index contributed by atoms with van der Waals surface area (Å²) in [6, 6.07) is 5.54. The Balaban J connectivity index is 1.47. The largest absolute Gasteiger partial charge is 0.490 e. The Kier molecular flexibility index (Phi) is 5.34. The summed E-state index contributed by atoms with van der Waals surface area (Å²) in [5.41, 5.74) is 13.1. The van der Waals surface area contributed by atoms with Crippen LogP contribution in [0.15, 0.2) is 18.2 Å². The summed E-state index contributed by atoms with van der Waals surface area (Å²) in [5.74, 6) is 3.73. The van der Waals surface area contributed by atoms with Gasteiger partial charge in [-0.15, -0.1) is 0 Å². The number of rotatable bonds is 4. The van der Waals surface area contributed by atoms with Crippen LogP contribution >= 0.6 is 0 Å². The van der Waals surface area contributed by atoms with Crippen molar-refractivity contribution in [3.8, 4) is 5.75 Å². The van der Waals surface area contributed by atoms with Crippen LogP contribution in [-0.4, -0.2) is 6.10 Å². The highest BCUT2D eigenvalue weighted by molar-refractivity contribution is 5.56. The van der Waals surface area contributed by atoms with Crippen LogP contribution in [0.1, 0.15) is 64.7 Å². The number of nitrogens with two attached hydrogens (primary N) is 2. The van der Waals surface area contributed by atoms with Gasteiger partial charge in [-0.3, -0.25) is 0 Å². The fourth-order valence-electron chi connectivity index (χ4n) is 4.65. The van der Waals surface area contributed by atoms with E-state index in [9.17, 15) is 0 Å². The van der Waals surface area contributed by atoms with E-state index in [1.807, 2.05) is 12.1 Å². The maximum absolute atomic E-state index is 6.13. The molecule has 3 heteroatoms. The van der Waals surface area contributed by atoms with Gasteiger partial charge >= 0.3 is 0 Å². The van der Waals surface area contributed by atoms with E-state index in [1.54, 1.807) is 6.07 Å². The number of hydrogen-bond acceptors (Lipinski definition) is 3. The zero-order valence-corrected chi connectivity index (χ0v) is 14.5. The second kappa shape index (κ2) is 7.46. The number of benzene rings is 1. The molecule has 2 aliphatic rings. The van der Waals surface area contributed by atoms with E-state index in [0.717, 1.165) is 23.5 Å². The van der Waals surface area contributed by atoms with Gasteiger partial charge in [0.25, 0.3) is 0 Å². The van der Waals surface area contributed by atoms with Crippen molar-refractivity contribution < 1.29 is 4.74 Å². The first-order valence-corrected chi connectivity index (χ1v) is 9.46. The second-order valence-electron chi connectivity index (χ2n) is 7.68. The van der Waals surface area contributed by atoms with E-state index >= 15 is 0 Å². The molecule has 0 atom stereocenters. The van der Waals surface area contributed by atoms with Gasteiger partial charge in [0, 0.05) is 23.5 Å². The molecule has 3 rings (SSSR count). The van der Waals surface area contributed by atoms with Crippen molar-refractivity contribution in [3.63, 3.8) is 0 Å². The third-order valence-corrected chi connectivity index (χ3v) is 6.11. The molecule has 0 bridgehead atoms. The van der Waals surface area contributed by atoms with Gasteiger partial charge in [-0.25, -0.2) is 0 Å². The molecule has 23 heavy (non-hydrogen) atoms. The van der Waals surface area contributed by atoms with Crippen molar-refractivity contribution in [2.24, 2.45) is 17.8 Å². The van der Waals surface area contributed by atoms with Crippen molar-refractivity contribution in [3.05, 3.63) is 18.2 Å². The summed E-state index contributed by atoms with van der Waals surface area (Å²) in [6.45, 7) is 2.34. The monoisotopic (exact) mass is 316 g/mol. The van der Waals surface area contributed by atoms with E-state index in [-0.39, 0.29) is 0 Å². The number of hydrogen-bond donors (Lipinski definition) is 2. The molecule has 128 valence electrons. The van der Waals surface area contributed by atoms with Gasteiger partial charge < -0.3 is 16.2 Å². The molecule has 2 aliphatic carbocycles. The first kappa shape index (κ1) is 16.5. The van der Waals surface area contributed by atoms with Gasteiger partial charge in [0.15, 0.2) is 0 Å². The fourth-order valence-corrected chi connectivity index (χ4v) is 4.65. The molecule has 0 aromatic heterocycles. The van der Waals surface area contributed by atoms with Gasteiger partial charge in [-0.2, -0.15) is 0 Å². The zero-order chi connectivity index (χ0) is 16.2. The van der Waals surface area contributed by atoms with Crippen LogP contribution in [0, 0.1) is 17.8 Å². The minimum atomic E-state index is 0.333. The lowest BCUT2D eigenvalue weighted by molar-refractivity contribution is 0.0921. The first-order valence-electron chi connectivity index (χ1n) is 9.46. The molecule has 1 aromatic rings. The molecule has 0 spiro atoms. The molecular weight excluding hydrogens is 284 g/mol. The molecule has 0 unspecified atom stereocenters. The maximum atomic E-state index is 6.13. The third-order valence-electron chi connectivity index (χ3n) is 6.11. The molecule has 0 saturated heterocycles. The molecule has 0 amide bonds. The summed E-state index contributed by atoms with van der Waals surface area (Å²) in [7, 11) is 0. The Morgan fingerprint density at radius 3 is 1.87 bits per heavy atom. The Labute approximate surface area is 140 Å². The predicted molar refractivity (Wildman–Crippen MR) is 97.4 cm³/mol. The lowest BCUT2D eigenvalue weighted by Gasteiger charge is -2.37. The molecule has 4 N–H and O–H groups in total. The topological polar surface area (TPSA) is 61.3 Å².